The Balaban J connectivity index is 1.77. The number of benzene rings is 2. The smallest absolute Gasteiger partial charge is 0.128 e. The summed E-state index contributed by atoms with van der Waals surface area (Å²) in [6.45, 7) is 6.29. The van der Waals surface area contributed by atoms with Gasteiger partial charge < -0.3 is 0 Å². The van der Waals surface area contributed by atoms with E-state index in [1.807, 2.05) is 18.2 Å². The highest BCUT2D eigenvalue weighted by molar-refractivity contribution is 5.36. The van der Waals surface area contributed by atoms with Gasteiger partial charge in [-0.2, -0.15) is 5.26 Å². The average Bonchev–Trinajstić information content (AvgIpc) is 3.58. The first kappa shape index (κ1) is 20.6. The number of hydrogen-bond donors (Lipinski definition) is 0. The quantitative estimate of drug-likeness (QED) is 0.501. The standard InChI is InChI=1S/C25H31FN2/c1-3-22(28(4-2)18-20-10-6-5-7-11-20)16-17-25(19-27,21-14-15-21)23-12-8-9-13-24(23)26/h5-13,21-22H,3-4,14-18H2,1-2H3. The first-order valence-electron chi connectivity index (χ1n) is 10.6. The monoisotopic (exact) mass is 378 g/mol. The van der Waals surface area contributed by atoms with Gasteiger partial charge in [-0.1, -0.05) is 62.4 Å². The Morgan fingerprint density at radius 3 is 2.36 bits per heavy atom. The highest BCUT2D eigenvalue weighted by atomic mass is 19.1. The minimum absolute atomic E-state index is 0.236. The van der Waals surface area contributed by atoms with Gasteiger partial charge in [-0.05, 0) is 56.2 Å². The summed E-state index contributed by atoms with van der Waals surface area (Å²) in [5.74, 6) is 0.0525. The van der Waals surface area contributed by atoms with E-state index in [4.69, 9.17) is 0 Å². The minimum atomic E-state index is -0.690. The molecular formula is C25H31FN2. The van der Waals surface area contributed by atoms with E-state index in [9.17, 15) is 9.65 Å². The third-order valence-electron chi connectivity index (χ3n) is 6.32. The second-order valence-corrected chi connectivity index (χ2v) is 7.99. The van der Waals surface area contributed by atoms with Crippen LogP contribution in [0.2, 0.25) is 0 Å². The molecule has 1 aliphatic carbocycles. The van der Waals surface area contributed by atoms with Crippen molar-refractivity contribution in [2.24, 2.45) is 5.92 Å². The average molecular weight is 379 g/mol. The fourth-order valence-corrected chi connectivity index (χ4v) is 4.52. The van der Waals surface area contributed by atoms with Gasteiger partial charge in [0.1, 0.15) is 5.82 Å². The first-order chi connectivity index (χ1) is 13.6. The molecule has 148 valence electrons. The molecule has 0 heterocycles. The molecule has 2 atom stereocenters. The molecule has 2 aromatic carbocycles. The van der Waals surface area contributed by atoms with Crippen LogP contribution in [0.3, 0.4) is 0 Å². The van der Waals surface area contributed by atoms with Crippen LogP contribution < -0.4 is 0 Å². The Bertz CT molecular complexity index is 794. The molecule has 0 saturated heterocycles. The van der Waals surface area contributed by atoms with Crippen LogP contribution in [-0.2, 0) is 12.0 Å². The molecule has 0 N–H and O–H groups in total. The summed E-state index contributed by atoms with van der Waals surface area (Å²) in [5.41, 5.74) is 1.22. The zero-order valence-corrected chi connectivity index (χ0v) is 17.1. The summed E-state index contributed by atoms with van der Waals surface area (Å²) in [5, 5.41) is 10.2. The molecule has 28 heavy (non-hydrogen) atoms. The van der Waals surface area contributed by atoms with Gasteiger partial charge in [-0.3, -0.25) is 4.90 Å². The minimum Gasteiger partial charge on any atom is -0.296 e. The predicted octanol–water partition coefficient (Wildman–Crippen LogP) is 6.08. The van der Waals surface area contributed by atoms with Crippen LogP contribution in [-0.4, -0.2) is 17.5 Å². The fraction of sp³-hybridized carbons (Fsp3) is 0.480. The summed E-state index contributed by atoms with van der Waals surface area (Å²) in [6, 6.07) is 20.4. The Morgan fingerprint density at radius 2 is 1.79 bits per heavy atom. The second-order valence-electron chi connectivity index (χ2n) is 7.99. The highest BCUT2D eigenvalue weighted by Crippen LogP contribution is 2.50. The fourth-order valence-electron chi connectivity index (χ4n) is 4.52. The Morgan fingerprint density at radius 1 is 1.11 bits per heavy atom. The van der Waals surface area contributed by atoms with Crippen LogP contribution in [0, 0.1) is 23.1 Å². The van der Waals surface area contributed by atoms with Crippen LogP contribution in [0.15, 0.2) is 54.6 Å². The van der Waals surface area contributed by atoms with Crippen molar-refractivity contribution in [3.63, 3.8) is 0 Å². The predicted molar refractivity (Wildman–Crippen MR) is 112 cm³/mol. The van der Waals surface area contributed by atoms with Crippen molar-refractivity contribution in [3.8, 4) is 6.07 Å². The van der Waals surface area contributed by atoms with E-state index < -0.39 is 5.41 Å². The van der Waals surface area contributed by atoms with Crippen LogP contribution in [0.25, 0.3) is 0 Å². The van der Waals surface area contributed by atoms with Gasteiger partial charge >= 0.3 is 0 Å². The van der Waals surface area contributed by atoms with E-state index in [1.54, 1.807) is 6.07 Å². The molecule has 2 unspecified atom stereocenters. The summed E-state index contributed by atoms with van der Waals surface area (Å²) >= 11 is 0. The largest absolute Gasteiger partial charge is 0.296 e. The lowest BCUT2D eigenvalue weighted by molar-refractivity contribution is 0.171. The van der Waals surface area contributed by atoms with Crippen LogP contribution >= 0.6 is 0 Å². The van der Waals surface area contributed by atoms with Crippen molar-refractivity contribution in [2.45, 2.75) is 64.0 Å². The molecule has 3 heteroatoms. The van der Waals surface area contributed by atoms with Crippen molar-refractivity contribution in [1.29, 1.82) is 5.26 Å². The molecule has 0 bridgehead atoms. The Labute approximate surface area is 169 Å². The van der Waals surface area contributed by atoms with E-state index >= 15 is 0 Å². The topological polar surface area (TPSA) is 27.0 Å². The number of halogens is 1. The SMILES string of the molecule is CCC(CCC(C#N)(c1ccccc1F)C1CC1)N(CC)Cc1ccccc1. The van der Waals surface area contributed by atoms with Gasteiger partial charge in [0, 0.05) is 18.2 Å². The van der Waals surface area contributed by atoms with Gasteiger partial charge in [-0.25, -0.2) is 4.39 Å². The van der Waals surface area contributed by atoms with Gasteiger partial charge in [-0.15, -0.1) is 0 Å². The molecule has 2 nitrogen and oxygen atoms in total. The molecule has 0 aromatic heterocycles. The van der Waals surface area contributed by atoms with Crippen molar-refractivity contribution in [3.05, 3.63) is 71.5 Å². The lowest BCUT2D eigenvalue weighted by Gasteiger charge is -2.34. The maximum Gasteiger partial charge on any atom is 0.128 e. The molecule has 1 saturated carbocycles. The van der Waals surface area contributed by atoms with Gasteiger partial charge in [0.25, 0.3) is 0 Å². The molecule has 0 spiro atoms. The lowest BCUT2D eigenvalue weighted by atomic mass is 9.72. The van der Waals surface area contributed by atoms with Crippen molar-refractivity contribution >= 4 is 0 Å². The number of rotatable bonds is 10. The van der Waals surface area contributed by atoms with Gasteiger partial charge in [0.2, 0.25) is 0 Å². The lowest BCUT2D eigenvalue weighted by Crippen LogP contribution is -2.37. The van der Waals surface area contributed by atoms with E-state index in [-0.39, 0.29) is 11.7 Å². The van der Waals surface area contributed by atoms with E-state index in [0.29, 0.717) is 11.6 Å². The third-order valence-corrected chi connectivity index (χ3v) is 6.32. The molecule has 0 aliphatic heterocycles. The molecule has 0 radical (unpaired) electrons. The molecule has 1 fully saturated rings. The van der Waals surface area contributed by atoms with Gasteiger partial charge in [0.05, 0.1) is 11.5 Å². The zero-order chi connectivity index (χ0) is 20.0. The highest BCUT2D eigenvalue weighted by Gasteiger charge is 2.48. The number of hydrogen-bond acceptors (Lipinski definition) is 2. The van der Waals surface area contributed by atoms with E-state index in [0.717, 1.165) is 45.2 Å². The zero-order valence-electron chi connectivity index (χ0n) is 17.1. The molecular weight excluding hydrogens is 347 g/mol. The van der Waals surface area contributed by atoms with Gasteiger partial charge in [0.15, 0.2) is 0 Å². The van der Waals surface area contributed by atoms with Crippen LogP contribution in [0.4, 0.5) is 4.39 Å². The number of nitriles is 1. The van der Waals surface area contributed by atoms with Crippen LogP contribution in [0.5, 0.6) is 0 Å². The molecule has 3 rings (SSSR count). The first-order valence-corrected chi connectivity index (χ1v) is 10.6. The van der Waals surface area contributed by atoms with Crippen molar-refractivity contribution in [1.82, 2.24) is 4.90 Å². The molecule has 0 amide bonds. The Hall–Kier alpha value is -2.18. The third kappa shape index (κ3) is 4.45. The van der Waals surface area contributed by atoms with E-state index in [1.165, 1.54) is 11.6 Å². The summed E-state index contributed by atoms with van der Waals surface area (Å²) < 4.78 is 14.6. The molecule has 2 aromatic rings. The van der Waals surface area contributed by atoms with E-state index in [2.05, 4.69) is 49.1 Å². The summed E-state index contributed by atoms with van der Waals surface area (Å²) in [6.07, 6.45) is 4.72. The van der Waals surface area contributed by atoms with Crippen LogP contribution in [0.1, 0.15) is 57.1 Å². The Kier molecular flexibility index (Phi) is 6.86. The summed E-state index contributed by atoms with van der Waals surface area (Å²) in [4.78, 5) is 2.49. The summed E-state index contributed by atoms with van der Waals surface area (Å²) in [7, 11) is 0. The molecule has 1 aliphatic rings. The van der Waals surface area contributed by atoms with Crippen molar-refractivity contribution < 1.29 is 4.39 Å². The normalized spacial score (nSPS) is 17.1. The van der Waals surface area contributed by atoms with Crippen molar-refractivity contribution in [2.75, 3.05) is 6.54 Å². The second kappa shape index (κ2) is 9.34. The number of nitrogens with zero attached hydrogens (tertiary/aromatic N) is 2. The maximum absolute atomic E-state index is 14.6. The maximum atomic E-state index is 14.6.